The average molecular weight is 259 g/mol. The Hall–Kier alpha value is -2.30. The maximum atomic E-state index is 12.1. The monoisotopic (exact) mass is 259 g/mol. The molecule has 0 bridgehead atoms. The Bertz CT molecular complexity index is 604. The Labute approximate surface area is 111 Å². The number of carbonyl (C=O) groups excluding carboxylic acids is 1. The van der Waals surface area contributed by atoms with Crippen LogP contribution in [0.4, 0.5) is 5.69 Å². The van der Waals surface area contributed by atoms with Crippen LogP contribution in [0, 0.1) is 13.8 Å². The van der Waals surface area contributed by atoms with Crippen LogP contribution in [0.1, 0.15) is 40.5 Å². The smallest absolute Gasteiger partial charge is 0.255 e. The van der Waals surface area contributed by atoms with Gasteiger partial charge in [0.25, 0.3) is 5.91 Å². The van der Waals surface area contributed by atoms with Crippen molar-refractivity contribution >= 4 is 11.6 Å². The van der Waals surface area contributed by atoms with Crippen LogP contribution in [-0.4, -0.2) is 10.9 Å². The maximum absolute atomic E-state index is 12.1. The molecule has 0 aromatic carbocycles. The number of pyridine rings is 1. The summed E-state index contributed by atoms with van der Waals surface area (Å²) in [7, 11) is 0. The van der Waals surface area contributed by atoms with E-state index in [1.54, 1.807) is 6.07 Å². The van der Waals surface area contributed by atoms with Crippen LogP contribution in [-0.2, 0) is 0 Å². The normalized spacial score (nSPS) is 12.2. The lowest BCUT2D eigenvalue weighted by molar-refractivity contribution is 0.0935. The maximum Gasteiger partial charge on any atom is 0.255 e. The van der Waals surface area contributed by atoms with Gasteiger partial charge in [-0.2, -0.15) is 0 Å². The van der Waals surface area contributed by atoms with Crippen LogP contribution in [0.5, 0.6) is 0 Å². The molecule has 0 saturated carbocycles. The summed E-state index contributed by atoms with van der Waals surface area (Å²) >= 11 is 0. The molecule has 5 nitrogen and oxygen atoms in total. The first-order valence-electron chi connectivity index (χ1n) is 6.06. The summed E-state index contributed by atoms with van der Waals surface area (Å²) in [6.45, 7) is 5.54. The van der Waals surface area contributed by atoms with E-state index in [9.17, 15) is 4.79 Å². The minimum Gasteiger partial charge on any atom is -0.464 e. The highest BCUT2D eigenvalue weighted by molar-refractivity contribution is 5.98. The summed E-state index contributed by atoms with van der Waals surface area (Å²) in [5.41, 5.74) is 7.40. The van der Waals surface area contributed by atoms with E-state index in [1.165, 1.54) is 6.20 Å². The zero-order chi connectivity index (χ0) is 14.0. The van der Waals surface area contributed by atoms with Crippen molar-refractivity contribution < 1.29 is 9.21 Å². The van der Waals surface area contributed by atoms with E-state index in [4.69, 9.17) is 10.2 Å². The van der Waals surface area contributed by atoms with Crippen LogP contribution in [0.25, 0.3) is 0 Å². The van der Waals surface area contributed by atoms with Crippen molar-refractivity contribution in [2.45, 2.75) is 26.8 Å². The number of nitrogens with one attached hydrogen (secondary N) is 1. The minimum absolute atomic E-state index is 0.220. The minimum atomic E-state index is -0.258. The number of hydrogen-bond donors (Lipinski definition) is 2. The topological polar surface area (TPSA) is 81.2 Å². The Balaban J connectivity index is 2.12. The van der Waals surface area contributed by atoms with Crippen LogP contribution in [0.3, 0.4) is 0 Å². The van der Waals surface area contributed by atoms with E-state index in [0.29, 0.717) is 17.0 Å². The zero-order valence-electron chi connectivity index (χ0n) is 11.2. The van der Waals surface area contributed by atoms with E-state index in [0.717, 1.165) is 11.5 Å². The number of anilines is 1. The number of furan rings is 1. The van der Waals surface area contributed by atoms with Crippen LogP contribution < -0.4 is 11.1 Å². The molecule has 0 saturated heterocycles. The van der Waals surface area contributed by atoms with Crippen LogP contribution >= 0.6 is 0 Å². The molecule has 0 fully saturated rings. The van der Waals surface area contributed by atoms with Gasteiger partial charge < -0.3 is 15.5 Å². The third kappa shape index (κ3) is 2.93. The molecule has 5 heteroatoms. The fraction of sp³-hybridized carbons (Fsp3) is 0.286. The highest BCUT2D eigenvalue weighted by Gasteiger charge is 2.16. The quantitative estimate of drug-likeness (QED) is 0.886. The van der Waals surface area contributed by atoms with E-state index in [-0.39, 0.29) is 11.9 Å². The third-order valence-electron chi connectivity index (χ3n) is 2.85. The SMILES string of the molecule is Cc1cc(N)c(C(=O)NC(C)c2ccc(C)o2)cn1. The molecule has 2 rings (SSSR count). The Morgan fingerprint density at radius 3 is 2.74 bits per heavy atom. The molecule has 1 atom stereocenters. The van der Waals surface area contributed by atoms with Crippen molar-refractivity contribution in [3.05, 3.63) is 47.2 Å². The lowest BCUT2D eigenvalue weighted by atomic mass is 10.2. The molecule has 0 aliphatic heterocycles. The molecule has 1 unspecified atom stereocenters. The van der Waals surface area contributed by atoms with E-state index < -0.39 is 0 Å². The predicted octanol–water partition coefficient (Wildman–Crippen LogP) is 2.36. The molecular weight excluding hydrogens is 242 g/mol. The third-order valence-corrected chi connectivity index (χ3v) is 2.85. The van der Waals surface area contributed by atoms with Gasteiger partial charge in [0.2, 0.25) is 0 Å². The standard InChI is InChI=1S/C14H17N3O2/c1-8-6-12(15)11(7-16-8)14(18)17-10(3)13-5-4-9(2)19-13/h4-7,10H,1-3H3,(H2,15,16)(H,17,18). The second-order valence-corrected chi connectivity index (χ2v) is 4.56. The molecule has 0 aliphatic carbocycles. The molecule has 2 aromatic rings. The molecule has 3 N–H and O–H groups in total. The van der Waals surface area contributed by atoms with Crippen molar-refractivity contribution in [1.29, 1.82) is 0 Å². The fourth-order valence-corrected chi connectivity index (χ4v) is 1.80. The molecule has 2 heterocycles. The number of nitrogen functional groups attached to an aromatic ring is 1. The number of amides is 1. The molecular formula is C14H17N3O2. The second-order valence-electron chi connectivity index (χ2n) is 4.56. The summed E-state index contributed by atoms with van der Waals surface area (Å²) in [6.07, 6.45) is 1.49. The van der Waals surface area contributed by atoms with E-state index >= 15 is 0 Å². The Morgan fingerprint density at radius 1 is 1.42 bits per heavy atom. The summed E-state index contributed by atoms with van der Waals surface area (Å²) in [4.78, 5) is 16.2. The number of aromatic nitrogens is 1. The fourth-order valence-electron chi connectivity index (χ4n) is 1.80. The number of hydrogen-bond acceptors (Lipinski definition) is 4. The molecule has 19 heavy (non-hydrogen) atoms. The van der Waals surface area contributed by atoms with Gasteiger partial charge in [-0.1, -0.05) is 0 Å². The number of nitrogens with two attached hydrogens (primary N) is 1. The van der Waals surface area contributed by atoms with Gasteiger partial charge >= 0.3 is 0 Å². The van der Waals surface area contributed by atoms with Crippen LogP contribution in [0.15, 0.2) is 28.8 Å². The first kappa shape index (κ1) is 13.1. The number of rotatable bonds is 3. The molecule has 2 aromatic heterocycles. The molecule has 0 aliphatic rings. The highest BCUT2D eigenvalue weighted by atomic mass is 16.3. The lowest BCUT2D eigenvalue weighted by Gasteiger charge is -2.12. The first-order valence-corrected chi connectivity index (χ1v) is 6.06. The van der Waals surface area contributed by atoms with E-state index in [2.05, 4.69) is 10.3 Å². The molecule has 1 amide bonds. The molecule has 0 radical (unpaired) electrons. The highest BCUT2D eigenvalue weighted by Crippen LogP contribution is 2.17. The Kier molecular flexibility index (Phi) is 3.55. The van der Waals surface area contributed by atoms with Gasteiger partial charge in [-0.25, -0.2) is 0 Å². The number of carbonyl (C=O) groups is 1. The average Bonchev–Trinajstić information content (AvgIpc) is 2.75. The Morgan fingerprint density at radius 2 is 2.16 bits per heavy atom. The van der Waals surface area contributed by atoms with Gasteiger partial charge in [0.05, 0.1) is 11.6 Å². The number of nitrogens with zero attached hydrogens (tertiary/aromatic N) is 1. The van der Waals surface area contributed by atoms with Crippen molar-refractivity contribution in [2.75, 3.05) is 5.73 Å². The van der Waals surface area contributed by atoms with Crippen molar-refractivity contribution in [3.8, 4) is 0 Å². The summed E-state index contributed by atoms with van der Waals surface area (Å²) < 4.78 is 5.47. The number of aryl methyl sites for hydroxylation is 2. The van der Waals surface area contributed by atoms with Gasteiger partial charge in [0.1, 0.15) is 11.5 Å². The van der Waals surface area contributed by atoms with Gasteiger partial charge in [-0.05, 0) is 39.0 Å². The second kappa shape index (κ2) is 5.14. The zero-order valence-corrected chi connectivity index (χ0v) is 11.2. The molecule has 0 spiro atoms. The van der Waals surface area contributed by atoms with Gasteiger partial charge in [0.15, 0.2) is 0 Å². The molecule has 100 valence electrons. The predicted molar refractivity (Wildman–Crippen MR) is 72.7 cm³/mol. The van der Waals surface area contributed by atoms with Gasteiger partial charge in [-0.15, -0.1) is 0 Å². The summed E-state index contributed by atoms with van der Waals surface area (Å²) in [6, 6.07) is 5.16. The van der Waals surface area contributed by atoms with Crippen LogP contribution in [0.2, 0.25) is 0 Å². The first-order chi connectivity index (χ1) is 8.97. The summed E-state index contributed by atoms with van der Waals surface area (Å²) in [5.74, 6) is 1.27. The van der Waals surface area contributed by atoms with Gasteiger partial charge in [-0.3, -0.25) is 9.78 Å². The van der Waals surface area contributed by atoms with E-state index in [1.807, 2.05) is 32.9 Å². The van der Waals surface area contributed by atoms with Crippen molar-refractivity contribution in [3.63, 3.8) is 0 Å². The van der Waals surface area contributed by atoms with Crippen molar-refractivity contribution in [1.82, 2.24) is 10.3 Å². The summed E-state index contributed by atoms with van der Waals surface area (Å²) in [5, 5.41) is 2.83. The van der Waals surface area contributed by atoms with Crippen molar-refractivity contribution in [2.24, 2.45) is 0 Å². The van der Waals surface area contributed by atoms with Gasteiger partial charge in [0, 0.05) is 17.6 Å². The largest absolute Gasteiger partial charge is 0.464 e. The lowest BCUT2D eigenvalue weighted by Crippen LogP contribution is -2.27.